The lowest BCUT2D eigenvalue weighted by molar-refractivity contribution is -0.138. The van der Waals surface area contributed by atoms with Crippen molar-refractivity contribution in [1.29, 1.82) is 0 Å². The Labute approximate surface area is 108 Å². The summed E-state index contributed by atoms with van der Waals surface area (Å²) in [7, 11) is 1.57. The van der Waals surface area contributed by atoms with E-state index < -0.39 is 11.9 Å². The van der Waals surface area contributed by atoms with E-state index >= 15 is 0 Å². The molecular weight excluding hydrogens is 252 g/mol. The number of ether oxygens (including phenoxy) is 1. The van der Waals surface area contributed by atoms with Gasteiger partial charge < -0.3 is 9.84 Å². The number of para-hydroxylation sites is 1. The quantitative estimate of drug-likeness (QED) is 0.893. The van der Waals surface area contributed by atoms with Crippen LogP contribution in [0.15, 0.2) is 29.8 Å². The van der Waals surface area contributed by atoms with Crippen LogP contribution in [0.3, 0.4) is 0 Å². The number of nitrogens with zero attached hydrogens (tertiary/aromatic N) is 2. The fourth-order valence-electron chi connectivity index (χ4n) is 1.71. The molecule has 1 aromatic carbocycles. The number of benzene rings is 1. The van der Waals surface area contributed by atoms with Crippen LogP contribution in [0, 0.1) is 0 Å². The maximum atomic E-state index is 11.3. The van der Waals surface area contributed by atoms with E-state index in [2.05, 4.69) is 10.2 Å². The van der Waals surface area contributed by atoms with Gasteiger partial charge in [-0.3, -0.25) is 4.79 Å². The fourth-order valence-corrected chi connectivity index (χ4v) is 2.35. The topological polar surface area (TPSA) is 72.3 Å². The second kappa shape index (κ2) is 5.59. The summed E-state index contributed by atoms with van der Waals surface area (Å²) in [5.41, 5.74) is 2.38. The first-order chi connectivity index (χ1) is 8.72. The third kappa shape index (κ3) is 2.65. The predicted octanol–water partition coefficient (Wildman–Crippen LogP) is 1.96. The standard InChI is InChI=1S/C12H12N2O3S/c1-17-10-5-3-2-4-8(10)6-9(12(15)16)11-14-13-7-18-11/h2-5,7,9H,6H2,1H3,(H,15,16). The van der Waals surface area contributed by atoms with Crippen molar-refractivity contribution >= 4 is 17.3 Å². The van der Waals surface area contributed by atoms with Crippen molar-refractivity contribution in [2.24, 2.45) is 0 Å². The van der Waals surface area contributed by atoms with Gasteiger partial charge in [0.15, 0.2) is 0 Å². The van der Waals surface area contributed by atoms with Crippen LogP contribution in [-0.4, -0.2) is 28.4 Å². The Morgan fingerprint density at radius 2 is 2.28 bits per heavy atom. The van der Waals surface area contributed by atoms with E-state index in [0.717, 1.165) is 5.56 Å². The molecule has 6 heteroatoms. The summed E-state index contributed by atoms with van der Waals surface area (Å²) in [5, 5.41) is 17.3. The van der Waals surface area contributed by atoms with E-state index in [0.29, 0.717) is 17.2 Å². The molecule has 0 aliphatic carbocycles. The molecule has 1 heterocycles. The summed E-state index contributed by atoms with van der Waals surface area (Å²) < 4.78 is 5.22. The first-order valence-electron chi connectivity index (χ1n) is 5.33. The van der Waals surface area contributed by atoms with Crippen molar-refractivity contribution in [3.05, 3.63) is 40.3 Å². The van der Waals surface area contributed by atoms with Gasteiger partial charge in [-0.2, -0.15) is 0 Å². The van der Waals surface area contributed by atoms with Gasteiger partial charge in [-0.1, -0.05) is 18.2 Å². The molecule has 18 heavy (non-hydrogen) atoms. The van der Waals surface area contributed by atoms with Crippen molar-refractivity contribution in [3.8, 4) is 5.75 Å². The van der Waals surface area contributed by atoms with Crippen LogP contribution in [0.2, 0.25) is 0 Å². The molecule has 2 rings (SSSR count). The van der Waals surface area contributed by atoms with E-state index in [1.807, 2.05) is 24.3 Å². The second-order valence-electron chi connectivity index (χ2n) is 3.68. The molecule has 0 spiro atoms. The number of hydrogen-bond acceptors (Lipinski definition) is 5. The van der Waals surface area contributed by atoms with E-state index in [4.69, 9.17) is 4.74 Å². The monoisotopic (exact) mass is 264 g/mol. The average molecular weight is 264 g/mol. The summed E-state index contributed by atoms with van der Waals surface area (Å²) in [4.78, 5) is 11.3. The van der Waals surface area contributed by atoms with E-state index in [-0.39, 0.29) is 0 Å². The molecule has 0 aliphatic heterocycles. The molecule has 94 valence electrons. The number of aliphatic carboxylic acids is 1. The SMILES string of the molecule is COc1ccccc1CC(C(=O)O)c1nncs1. The Hall–Kier alpha value is -1.95. The Balaban J connectivity index is 2.27. The van der Waals surface area contributed by atoms with E-state index in [1.54, 1.807) is 7.11 Å². The van der Waals surface area contributed by atoms with Crippen molar-refractivity contribution < 1.29 is 14.6 Å². The number of carbonyl (C=O) groups is 1. The Kier molecular flexibility index (Phi) is 3.88. The molecule has 0 radical (unpaired) electrons. The maximum Gasteiger partial charge on any atom is 0.313 e. The third-order valence-corrected chi connectivity index (χ3v) is 3.40. The summed E-state index contributed by atoms with van der Waals surface area (Å²) in [6, 6.07) is 7.38. The molecule has 0 aliphatic rings. The zero-order valence-electron chi connectivity index (χ0n) is 9.74. The van der Waals surface area contributed by atoms with Crippen LogP contribution in [-0.2, 0) is 11.2 Å². The zero-order valence-corrected chi connectivity index (χ0v) is 10.6. The molecule has 5 nitrogen and oxygen atoms in total. The molecule has 1 unspecified atom stereocenters. The second-order valence-corrected chi connectivity index (χ2v) is 4.55. The number of rotatable bonds is 5. The molecule has 2 aromatic rings. The van der Waals surface area contributed by atoms with Crippen molar-refractivity contribution in [1.82, 2.24) is 10.2 Å². The van der Waals surface area contributed by atoms with Gasteiger partial charge in [-0.05, 0) is 18.1 Å². The lowest BCUT2D eigenvalue weighted by atomic mass is 9.99. The molecule has 0 amide bonds. The largest absolute Gasteiger partial charge is 0.496 e. The first-order valence-corrected chi connectivity index (χ1v) is 6.21. The van der Waals surface area contributed by atoms with Gasteiger partial charge in [0.05, 0.1) is 7.11 Å². The van der Waals surface area contributed by atoms with Gasteiger partial charge in [-0.15, -0.1) is 21.5 Å². The Bertz CT molecular complexity index is 528. The summed E-state index contributed by atoms with van der Waals surface area (Å²) in [5.74, 6) is -0.903. The molecular formula is C12H12N2O3S. The summed E-state index contributed by atoms with van der Waals surface area (Å²) in [6.45, 7) is 0. The van der Waals surface area contributed by atoms with Gasteiger partial charge in [0, 0.05) is 0 Å². The maximum absolute atomic E-state index is 11.3. The van der Waals surface area contributed by atoms with Gasteiger partial charge >= 0.3 is 5.97 Å². The minimum Gasteiger partial charge on any atom is -0.496 e. The number of hydrogen-bond donors (Lipinski definition) is 1. The van der Waals surface area contributed by atoms with Gasteiger partial charge in [-0.25, -0.2) is 0 Å². The van der Waals surface area contributed by atoms with Gasteiger partial charge in [0.25, 0.3) is 0 Å². The molecule has 1 atom stereocenters. The first kappa shape index (κ1) is 12.5. The van der Waals surface area contributed by atoms with Crippen molar-refractivity contribution in [2.45, 2.75) is 12.3 Å². The summed E-state index contributed by atoms with van der Waals surface area (Å²) >= 11 is 1.25. The van der Waals surface area contributed by atoms with Gasteiger partial charge in [0.1, 0.15) is 22.2 Å². The summed E-state index contributed by atoms with van der Waals surface area (Å²) in [6.07, 6.45) is 0.342. The van der Waals surface area contributed by atoms with E-state index in [1.165, 1.54) is 16.8 Å². The van der Waals surface area contributed by atoms with Crippen LogP contribution in [0.4, 0.5) is 0 Å². The Morgan fingerprint density at radius 1 is 1.50 bits per heavy atom. The molecule has 1 aromatic heterocycles. The molecule has 0 bridgehead atoms. The highest BCUT2D eigenvalue weighted by molar-refractivity contribution is 7.09. The zero-order chi connectivity index (χ0) is 13.0. The molecule has 0 saturated heterocycles. The van der Waals surface area contributed by atoms with Crippen molar-refractivity contribution in [2.75, 3.05) is 7.11 Å². The van der Waals surface area contributed by atoms with E-state index in [9.17, 15) is 9.90 Å². The molecule has 0 fully saturated rings. The highest BCUT2D eigenvalue weighted by Gasteiger charge is 2.24. The minimum absolute atomic E-state index is 0.342. The smallest absolute Gasteiger partial charge is 0.313 e. The molecule has 1 N–H and O–H groups in total. The van der Waals surface area contributed by atoms with Crippen LogP contribution in [0.1, 0.15) is 16.5 Å². The van der Waals surface area contributed by atoms with Crippen LogP contribution < -0.4 is 4.74 Å². The van der Waals surface area contributed by atoms with Crippen LogP contribution in [0.5, 0.6) is 5.75 Å². The molecule has 0 saturated carbocycles. The minimum atomic E-state index is -0.905. The number of carboxylic acid groups (broad SMARTS) is 1. The average Bonchev–Trinajstić information content (AvgIpc) is 2.89. The van der Waals surface area contributed by atoms with Gasteiger partial charge in [0.2, 0.25) is 0 Å². The normalized spacial score (nSPS) is 12.1. The highest BCUT2D eigenvalue weighted by atomic mass is 32.1. The predicted molar refractivity (Wildman–Crippen MR) is 67.0 cm³/mol. The van der Waals surface area contributed by atoms with Crippen molar-refractivity contribution in [3.63, 3.8) is 0 Å². The number of methoxy groups -OCH3 is 1. The lowest BCUT2D eigenvalue weighted by Gasteiger charge is -2.12. The number of carboxylic acids is 1. The lowest BCUT2D eigenvalue weighted by Crippen LogP contribution is -2.14. The number of aromatic nitrogens is 2. The van der Waals surface area contributed by atoms with Crippen LogP contribution in [0.25, 0.3) is 0 Å². The Morgan fingerprint density at radius 3 is 2.89 bits per heavy atom. The van der Waals surface area contributed by atoms with Crippen LogP contribution >= 0.6 is 11.3 Å². The highest BCUT2D eigenvalue weighted by Crippen LogP contribution is 2.27. The fraction of sp³-hybridized carbons (Fsp3) is 0.250. The third-order valence-electron chi connectivity index (χ3n) is 2.59.